The summed E-state index contributed by atoms with van der Waals surface area (Å²) in [6, 6.07) is 14.8. The Morgan fingerprint density at radius 2 is 1.67 bits per heavy atom. The summed E-state index contributed by atoms with van der Waals surface area (Å²) in [6.45, 7) is 4.63. The summed E-state index contributed by atoms with van der Waals surface area (Å²) in [4.78, 5) is 45.0. The maximum atomic E-state index is 12.6. The van der Waals surface area contributed by atoms with E-state index in [-0.39, 0.29) is 23.7 Å². The second kappa shape index (κ2) is 8.49. The highest BCUT2D eigenvalue weighted by Gasteiger charge is 2.21. The van der Waals surface area contributed by atoms with Crippen molar-refractivity contribution in [2.45, 2.75) is 19.9 Å². The van der Waals surface area contributed by atoms with Crippen molar-refractivity contribution in [3.8, 4) is 0 Å². The van der Waals surface area contributed by atoms with Gasteiger partial charge in [-0.25, -0.2) is 4.98 Å². The maximum Gasteiger partial charge on any atom is 0.261 e. The van der Waals surface area contributed by atoms with Gasteiger partial charge in [0.2, 0.25) is 5.91 Å². The summed E-state index contributed by atoms with van der Waals surface area (Å²) in [5, 5.41) is 0.567. The molecule has 1 amide bonds. The first-order valence-electron chi connectivity index (χ1n) is 10.1. The zero-order valence-corrected chi connectivity index (χ0v) is 17.0. The molecule has 1 aromatic heterocycles. The van der Waals surface area contributed by atoms with E-state index in [0.29, 0.717) is 36.1 Å². The number of amides is 1. The van der Waals surface area contributed by atoms with Crippen LogP contribution < -0.4 is 10.5 Å². The van der Waals surface area contributed by atoms with Crippen LogP contribution >= 0.6 is 0 Å². The molecule has 0 N–H and O–H groups in total. The van der Waals surface area contributed by atoms with E-state index in [9.17, 15) is 14.4 Å². The summed E-state index contributed by atoms with van der Waals surface area (Å²) in [5.74, 6) is 0.0966. The number of Topliss-reactive ketones (excluding diaryl/α,β-unsaturated/α-hetero) is 1. The van der Waals surface area contributed by atoms with Crippen LogP contribution in [0, 0.1) is 0 Å². The summed E-state index contributed by atoms with van der Waals surface area (Å²) in [5.41, 5.74) is 2.30. The highest BCUT2D eigenvalue weighted by molar-refractivity contribution is 5.94. The van der Waals surface area contributed by atoms with Crippen molar-refractivity contribution in [3.63, 3.8) is 0 Å². The van der Waals surface area contributed by atoms with Crippen LogP contribution in [0.1, 0.15) is 23.7 Å². The highest BCUT2D eigenvalue weighted by Crippen LogP contribution is 2.18. The van der Waals surface area contributed by atoms with E-state index in [0.717, 1.165) is 18.8 Å². The molecule has 7 nitrogen and oxygen atoms in total. The quantitative estimate of drug-likeness (QED) is 0.610. The number of hydrogen-bond donors (Lipinski definition) is 0. The molecular formula is C23H24N4O3. The number of ketones is 1. The van der Waals surface area contributed by atoms with Gasteiger partial charge in [0.25, 0.3) is 5.56 Å². The number of anilines is 1. The van der Waals surface area contributed by atoms with Crippen LogP contribution in [0.3, 0.4) is 0 Å². The topological polar surface area (TPSA) is 75.5 Å². The van der Waals surface area contributed by atoms with Crippen molar-refractivity contribution in [2.24, 2.45) is 0 Å². The van der Waals surface area contributed by atoms with Crippen molar-refractivity contribution in [3.05, 3.63) is 70.8 Å². The lowest BCUT2D eigenvalue weighted by Gasteiger charge is -2.36. The van der Waals surface area contributed by atoms with Gasteiger partial charge in [-0.15, -0.1) is 0 Å². The number of carbonyl (C=O) groups is 2. The maximum absolute atomic E-state index is 12.6. The van der Waals surface area contributed by atoms with Crippen molar-refractivity contribution < 1.29 is 9.59 Å². The van der Waals surface area contributed by atoms with Crippen LogP contribution in [0.4, 0.5) is 5.69 Å². The lowest BCUT2D eigenvalue weighted by molar-refractivity contribution is -0.131. The molecule has 1 aliphatic rings. The van der Waals surface area contributed by atoms with Crippen molar-refractivity contribution >= 4 is 28.3 Å². The number of aromatic nitrogens is 2. The molecule has 2 aromatic carbocycles. The standard InChI is InChI=1S/C23H24N4O3/c1-17(28)18-6-8-19(9-7-18)25-12-14-26(15-13-25)22(29)10-11-27-16-24-21-5-3-2-4-20(21)23(27)30/h2-9,16H,10-15H2,1H3. The molecule has 1 saturated heterocycles. The summed E-state index contributed by atoms with van der Waals surface area (Å²) in [7, 11) is 0. The smallest absolute Gasteiger partial charge is 0.261 e. The largest absolute Gasteiger partial charge is 0.368 e. The fourth-order valence-corrected chi connectivity index (χ4v) is 3.76. The number of hydrogen-bond acceptors (Lipinski definition) is 5. The predicted octanol–water partition coefficient (Wildman–Crippen LogP) is 2.34. The van der Waals surface area contributed by atoms with Crippen LogP contribution in [0.25, 0.3) is 10.9 Å². The number of nitrogens with zero attached hydrogens (tertiary/aromatic N) is 4. The molecule has 0 aliphatic carbocycles. The zero-order chi connectivity index (χ0) is 21.1. The van der Waals surface area contributed by atoms with Crippen LogP contribution in [0.2, 0.25) is 0 Å². The second-order valence-electron chi connectivity index (χ2n) is 7.48. The summed E-state index contributed by atoms with van der Waals surface area (Å²) < 4.78 is 1.51. The van der Waals surface area contributed by atoms with Crippen molar-refractivity contribution in [2.75, 3.05) is 31.1 Å². The van der Waals surface area contributed by atoms with E-state index in [4.69, 9.17) is 0 Å². The van der Waals surface area contributed by atoms with E-state index in [2.05, 4.69) is 9.88 Å². The Balaban J connectivity index is 1.33. The number of piperazine rings is 1. The third-order valence-electron chi connectivity index (χ3n) is 5.57. The average molecular weight is 404 g/mol. The Hall–Kier alpha value is -3.48. The Bertz CT molecular complexity index is 1130. The highest BCUT2D eigenvalue weighted by atomic mass is 16.2. The van der Waals surface area contributed by atoms with Gasteiger partial charge in [0, 0.05) is 50.4 Å². The Morgan fingerprint density at radius 3 is 2.37 bits per heavy atom. The lowest BCUT2D eigenvalue weighted by atomic mass is 10.1. The Morgan fingerprint density at radius 1 is 0.967 bits per heavy atom. The summed E-state index contributed by atoms with van der Waals surface area (Å²) >= 11 is 0. The monoisotopic (exact) mass is 404 g/mol. The third kappa shape index (κ3) is 4.10. The number of benzene rings is 2. The fourth-order valence-electron chi connectivity index (χ4n) is 3.76. The molecule has 30 heavy (non-hydrogen) atoms. The van der Waals surface area contributed by atoms with Gasteiger partial charge in [-0.3, -0.25) is 19.0 Å². The van der Waals surface area contributed by atoms with Gasteiger partial charge < -0.3 is 9.80 Å². The van der Waals surface area contributed by atoms with Crippen LogP contribution in [0.5, 0.6) is 0 Å². The number of aryl methyl sites for hydroxylation is 1. The van der Waals surface area contributed by atoms with Gasteiger partial charge >= 0.3 is 0 Å². The van der Waals surface area contributed by atoms with Gasteiger partial charge in [0.05, 0.1) is 17.2 Å². The molecule has 1 fully saturated rings. The van der Waals surface area contributed by atoms with E-state index < -0.39 is 0 Å². The normalized spacial score (nSPS) is 14.2. The van der Waals surface area contributed by atoms with E-state index in [1.54, 1.807) is 19.1 Å². The molecule has 0 bridgehead atoms. The molecular weight excluding hydrogens is 380 g/mol. The molecule has 0 radical (unpaired) electrons. The first kappa shape index (κ1) is 19.8. The SMILES string of the molecule is CC(=O)c1ccc(N2CCN(C(=O)CCn3cnc4ccccc4c3=O)CC2)cc1. The average Bonchev–Trinajstić information content (AvgIpc) is 2.79. The number of para-hydroxylation sites is 1. The second-order valence-corrected chi connectivity index (χ2v) is 7.48. The van der Waals surface area contributed by atoms with Crippen molar-refractivity contribution in [1.29, 1.82) is 0 Å². The van der Waals surface area contributed by atoms with Gasteiger partial charge in [-0.05, 0) is 43.3 Å². The minimum absolute atomic E-state index is 0.0432. The minimum atomic E-state index is -0.118. The molecule has 0 unspecified atom stereocenters. The van der Waals surface area contributed by atoms with Crippen LogP contribution in [-0.2, 0) is 11.3 Å². The number of carbonyl (C=O) groups excluding carboxylic acids is 2. The molecule has 4 rings (SSSR count). The van der Waals surface area contributed by atoms with Crippen molar-refractivity contribution in [1.82, 2.24) is 14.5 Å². The van der Waals surface area contributed by atoms with Crippen LogP contribution in [-0.4, -0.2) is 52.3 Å². The molecule has 3 aromatic rings. The van der Waals surface area contributed by atoms with E-state index >= 15 is 0 Å². The minimum Gasteiger partial charge on any atom is -0.368 e. The lowest BCUT2D eigenvalue weighted by Crippen LogP contribution is -2.49. The molecule has 0 saturated carbocycles. The first-order valence-corrected chi connectivity index (χ1v) is 10.1. The Kier molecular flexibility index (Phi) is 5.61. The van der Waals surface area contributed by atoms with Gasteiger partial charge in [0.1, 0.15) is 0 Å². The molecule has 1 aliphatic heterocycles. The number of rotatable bonds is 5. The Labute approximate surface area is 174 Å². The number of fused-ring (bicyclic) bond motifs is 1. The van der Waals surface area contributed by atoms with E-state index in [1.807, 2.05) is 41.3 Å². The van der Waals surface area contributed by atoms with Gasteiger partial charge in [-0.1, -0.05) is 12.1 Å². The molecule has 154 valence electrons. The summed E-state index contributed by atoms with van der Waals surface area (Å²) in [6.07, 6.45) is 1.79. The molecule has 0 spiro atoms. The van der Waals surface area contributed by atoms with Gasteiger partial charge in [-0.2, -0.15) is 0 Å². The zero-order valence-electron chi connectivity index (χ0n) is 17.0. The molecule has 0 atom stereocenters. The molecule has 2 heterocycles. The van der Waals surface area contributed by atoms with Gasteiger partial charge in [0.15, 0.2) is 5.78 Å². The predicted molar refractivity (Wildman–Crippen MR) is 116 cm³/mol. The fraction of sp³-hybridized carbons (Fsp3) is 0.304. The first-order chi connectivity index (χ1) is 14.5. The van der Waals surface area contributed by atoms with Crippen LogP contribution in [0.15, 0.2) is 59.7 Å². The van der Waals surface area contributed by atoms with E-state index in [1.165, 1.54) is 10.9 Å². The third-order valence-corrected chi connectivity index (χ3v) is 5.57. The molecule has 7 heteroatoms.